The van der Waals surface area contributed by atoms with E-state index in [-0.39, 0.29) is 18.4 Å². The number of halogens is 2. The van der Waals surface area contributed by atoms with Gasteiger partial charge in [-0.2, -0.15) is 0 Å². The number of hydrogen-bond donors (Lipinski definition) is 0. The SMILES string of the molecule is CCOC(=O)c1cccc(N2C(=O)C3C(C2=O)C2(Br)c4ccccc4C3(Br)c3ccccc32)c1. The molecule has 3 aromatic carbocycles. The number of esters is 1. The van der Waals surface area contributed by atoms with Gasteiger partial charge < -0.3 is 4.74 Å². The van der Waals surface area contributed by atoms with E-state index >= 15 is 0 Å². The minimum Gasteiger partial charge on any atom is -0.462 e. The maximum Gasteiger partial charge on any atom is 0.338 e. The number of benzene rings is 3. The van der Waals surface area contributed by atoms with Crippen molar-refractivity contribution in [1.29, 1.82) is 0 Å². The Morgan fingerprint density at radius 1 is 0.824 bits per heavy atom. The molecule has 7 rings (SSSR count). The molecule has 0 aromatic heterocycles. The van der Waals surface area contributed by atoms with Crippen molar-refractivity contribution in [3.05, 3.63) is 101 Å². The first-order chi connectivity index (χ1) is 16.3. The van der Waals surface area contributed by atoms with Crippen molar-refractivity contribution in [3.8, 4) is 0 Å². The van der Waals surface area contributed by atoms with E-state index in [2.05, 4.69) is 31.9 Å². The summed E-state index contributed by atoms with van der Waals surface area (Å²) >= 11 is 7.99. The number of alkyl halides is 2. The van der Waals surface area contributed by atoms with Crippen molar-refractivity contribution in [2.45, 2.75) is 15.6 Å². The lowest BCUT2D eigenvalue weighted by Crippen LogP contribution is -2.56. The van der Waals surface area contributed by atoms with Crippen LogP contribution in [0.5, 0.6) is 0 Å². The van der Waals surface area contributed by atoms with E-state index in [4.69, 9.17) is 4.74 Å². The molecule has 170 valence electrons. The molecule has 1 saturated heterocycles. The maximum atomic E-state index is 14.1. The molecule has 4 aliphatic rings. The first-order valence-electron chi connectivity index (χ1n) is 11.1. The van der Waals surface area contributed by atoms with Gasteiger partial charge in [0.15, 0.2) is 0 Å². The van der Waals surface area contributed by atoms with Crippen LogP contribution in [0.1, 0.15) is 39.5 Å². The van der Waals surface area contributed by atoms with Crippen LogP contribution in [0.15, 0.2) is 72.8 Å². The lowest BCUT2D eigenvalue weighted by molar-refractivity contribution is -0.122. The maximum absolute atomic E-state index is 14.1. The largest absolute Gasteiger partial charge is 0.462 e. The van der Waals surface area contributed by atoms with Gasteiger partial charge in [-0.15, -0.1) is 0 Å². The Balaban J connectivity index is 1.56. The average Bonchev–Trinajstić information content (AvgIpc) is 3.14. The van der Waals surface area contributed by atoms with Crippen molar-refractivity contribution in [3.63, 3.8) is 0 Å². The topological polar surface area (TPSA) is 63.7 Å². The molecule has 0 spiro atoms. The first-order valence-corrected chi connectivity index (χ1v) is 12.7. The fourth-order valence-electron chi connectivity index (χ4n) is 5.91. The van der Waals surface area contributed by atoms with E-state index in [1.807, 2.05) is 48.5 Å². The molecule has 1 aliphatic heterocycles. The Labute approximate surface area is 213 Å². The highest BCUT2D eigenvalue weighted by atomic mass is 79.9. The van der Waals surface area contributed by atoms with E-state index < -0.39 is 26.5 Å². The van der Waals surface area contributed by atoms with Crippen molar-refractivity contribution in [2.24, 2.45) is 11.8 Å². The predicted octanol–water partition coefficient (Wildman–Crippen LogP) is 5.27. The minimum atomic E-state index is -0.847. The molecule has 1 heterocycles. The van der Waals surface area contributed by atoms with Crippen LogP contribution < -0.4 is 4.90 Å². The number of carbonyl (C=O) groups excluding carboxylic acids is 3. The van der Waals surface area contributed by atoms with Crippen LogP contribution in [-0.2, 0) is 23.0 Å². The van der Waals surface area contributed by atoms with Crippen LogP contribution in [0.4, 0.5) is 5.69 Å². The molecule has 0 N–H and O–H groups in total. The fraction of sp³-hybridized carbons (Fsp3) is 0.222. The predicted molar refractivity (Wildman–Crippen MR) is 134 cm³/mol. The highest BCUT2D eigenvalue weighted by Gasteiger charge is 2.72. The second-order valence-corrected chi connectivity index (χ2v) is 11.3. The van der Waals surface area contributed by atoms with E-state index in [1.165, 1.54) is 4.90 Å². The van der Waals surface area contributed by atoms with Crippen LogP contribution in [0.2, 0.25) is 0 Å². The van der Waals surface area contributed by atoms with Crippen LogP contribution in [-0.4, -0.2) is 24.4 Å². The van der Waals surface area contributed by atoms with E-state index in [9.17, 15) is 14.4 Å². The Bertz CT molecular complexity index is 1280. The zero-order valence-electron chi connectivity index (χ0n) is 18.1. The smallest absolute Gasteiger partial charge is 0.338 e. The lowest BCUT2D eigenvalue weighted by atomic mass is 9.54. The summed E-state index contributed by atoms with van der Waals surface area (Å²) in [5.74, 6) is -2.39. The van der Waals surface area contributed by atoms with E-state index in [1.54, 1.807) is 31.2 Å². The number of rotatable bonds is 3. The highest BCUT2D eigenvalue weighted by Crippen LogP contribution is 2.70. The van der Waals surface area contributed by atoms with Gasteiger partial charge in [-0.05, 0) is 47.4 Å². The summed E-state index contributed by atoms with van der Waals surface area (Å²) in [6.07, 6.45) is 0. The van der Waals surface area contributed by atoms with Gasteiger partial charge in [-0.1, -0.05) is 86.5 Å². The van der Waals surface area contributed by atoms with Crippen molar-refractivity contribution >= 4 is 55.3 Å². The Morgan fingerprint density at radius 3 is 1.74 bits per heavy atom. The molecule has 2 bridgehead atoms. The van der Waals surface area contributed by atoms with Gasteiger partial charge in [-0.3, -0.25) is 9.59 Å². The zero-order chi connectivity index (χ0) is 23.8. The summed E-state index contributed by atoms with van der Waals surface area (Å²) in [6.45, 7) is 1.97. The zero-order valence-corrected chi connectivity index (χ0v) is 21.3. The van der Waals surface area contributed by atoms with Crippen LogP contribution in [0.3, 0.4) is 0 Å². The lowest BCUT2D eigenvalue weighted by Gasteiger charge is -2.55. The summed E-state index contributed by atoms with van der Waals surface area (Å²) in [5, 5.41) is 0. The van der Waals surface area contributed by atoms with Gasteiger partial charge in [0, 0.05) is 0 Å². The van der Waals surface area contributed by atoms with E-state index in [0.29, 0.717) is 11.3 Å². The quantitative estimate of drug-likeness (QED) is 0.240. The first kappa shape index (κ1) is 21.7. The molecule has 1 fully saturated rings. The molecule has 7 heteroatoms. The third-order valence-corrected chi connectivity index (χ3v) is 9.90. The Kier molecular flexibility index (Phi) is 4.71. The highest BCUT2D eigenvalue weighted by molar-refractivity contribution is 9.10. The number of ether oxygens (including phenoxy) is 1. The molecule has 3 aromatic rings. The number of nitrogens with zero attached hydrogens (tertiary/aromatic N) is 1. The van der Waals surface area contributed by atoms with Gasteiger partial charge in [0.1, 0.15) is 0 Å². The molecule has 0 radical (unpaired) electrons. The molecule has 34 heavy (non-hydrogen) atoms. The minimum absolute atomic E-state index is 0.240. The molecular weight excluding hydrogens is 562 g/mol. The third-order valence-electron chi connectivity index (χ3n) is 7.20. The summed E-state index contributed by atoms with van der Waals surface area (Å²) in [7, 11) is 0. The standard InChI is InChI=1S/C27H19Br2NO4/c1-2-34-25(33)15-8-7-9-16(14-15)30-23(31)21-22(24(30)32)27(29)18-11-4-3-10-17(18)26(21,28)19-12-5-6-13-20(19)27/h3-14,21-22H,2H2,1H3. The summed E-state index contributed by atoms with van der Waals surface area (Å²) in [4.78, 5) is 41.7. The van der Waals surface area contributed by atoms with Gasteiger partial charge in [0.2, 0.25) is 11.8 Å². The van der Waals surface area contributed by atoms with Crippen molar-refractivity contribution in [1.82, 2.24) is 0 Å². The number of carbonyl (C=O) groups is 3. The van der Waals surface area contributed by atoms with Crippen LogP contribution >= 0.6 is 31.9 Å². The number of anilines is 1. The molecular formula is C27H19Br2NO4. The second kappa shape index (κ2) is 7.36. The van der Waals surface area contributed by atoms with Crippen molar-refractivity contribution < 1.29 is 19.1 Å². The van der Waals surface area contributed by atoms with Gasteiger partial charge in [-0.25, -0.2) is 9.69 Å². The van der Waals surface area contributed by atoms with Gasteiger partial charge in [0.25, 0.3) is 0 Å². The van der Waals surface area contributed by atoms with E-state index in [0.717, 1.165) is 22.3 Å². The molecule has 5 nitrogen and oxygen atoms in total. The number of imide groups is 1. The van der Waals surface area contributed by atoms with Crippen LogP contribution in [0.25, 0.3) is 0 Å². The molecule has 2 unspecified atom stereocenters. The Morgan fingerprint density at radius 2 is 1.29 bits per heavy atom. The number of amides is 2. The van der Waals surface area contributed by atoms with Crippen LogP contribution in [0, 0.1) is 11.8 Å². The molecule has 2 atom stereocenters. The van der Waals surface area contributed by atoms with Gasteiger partial charge >= 0.3 is 5.97 Å². The molecule has 2 amide bonds. The van der Waals surface area contributed by atoms with Gasteiger partial charge in [0.05, 0.1) is 38.3 Å². The monoisotopic (exact) mass is 579 g/mol. The summed E-state index contributed by atoms with van der Waals surface area (Å²) in [5.41, 5.74) is 4.59. The molecule has 0 saturated carbocycles. The Hall–Kier alpha value is -2.77. The van der Waals surface area contributed by atoms with Crippen molar-refractivity contribution in [2.75, 3.05) is 11.5 Å². The second-order valence-electron chi connectivity index (χ2n) is 8.75. The number of hydrogen-bond acceptors (Lipinski definition) is 4. The molecule has 3 aliphatic carbocycles. The third kappa shape index (κ3) is 2.52. The summed E-state index contributed by atoms with van der Waals surface area (Å²) in [6, 6.07) is 22.4. The average molecular weight is 581 g/mol. The summed E-state index contributed by atoms with van der Waals surface area (Å²) < 4.78 is 3.42. The fourth-order valence-corrected chi connectivity index (χ4v) is 8.21. The normalized spacial score (nSPS) is 28.4.